The van der Waals surface area contributed by atoms with Crippen molar-refractivity contribution in [2.75, 3.05) is 0 Å². The van der Waals surface area contributed by atoms with Gasteiger partial charge in [-0.3, -0.25) is 0 Å². The number of imidazole rings is 1. The monoisotopic (exact) mass is 254 g/mol. The Bertz CT molecular complexity index is 387. The second-order valence-electron chi connectivity index (χ2n) is 5.72. The van der Waals surface area contributed by atoms with Gasteiger partial charge in [-0.05, 0) is 37.4 Å². The van der Waals surface area contributed by atoms with Gasteiger partial charge in [-0.2, -0.15) is 0 Å². The number of rotatable bonds is 6. The van der Waals surface area contributed by atoms with Gasteiger partial charge in [0.2, 0.25) is 0 Å². The number of nitrogens with one attached hydrogen (secondary N) is 1. The fraction of sp³-hybridized carbons (Fsp3) is 0.786. The lowest BCUT2D eigenvalue weighted by Gasteiger charge is -2.19. The second-order valence-corrected chi connectivity index (χ2v) is 6.10. The van der Waals surface area contributed by atoms with Crippen LogP contribution in [0, 0.1) is 10.7 Å². The predicted octanol–water partition coefficient (Wildman–Crippen LogP) is 5.06. The first-order valence-electron chi connectivity index (χ1n) is 6.73. The van der Waals surface area contributed by atoms with Crippen molar-refractivity contribution in [1.29, 1.82) is 0 Å². The van der Waals surface area contributed by atoms with Crippen LogP contribution in [0.5, 0.6) is 0 Å². The summed E-state index contributed by atoms with van der Waals surface area (Å²) in [4.78, 5) is 3.18. The summed E-state index contributed by atoms with van der Waals surface area (Å²) in [6.45, 7) is 11.3. The van der Waals surface area contributed by atoms with E-state index < -0.39 is 0 Å². The molecule has 0 radical (unpaired) electrons. The lowest BCUT2D eigenvalue weighted by molar-refractivity contribution is 0.432. The predicted molar refractivity (Wildman–Crippen MR) is 77.1 cm³/mol. The van der Waals surface area contributed by atoms with Gasteiger partial charge >= 0.3 is 0 Å². The van der Waals surface area contributed by atoms with E-state index in [-0.39, 0.29) is 0 Å². The van der Waals surface area contributed by atoms with Gasteiger partial charge < -0.3 is 9.55 Å². The molecule has 0 aromatic carbocycles. The number of aromatic nitrogens is 2. The normalized spacial score (nSPS) is 13.6. The van der Waals surface area contributed by atoms with E-state index in [0.29, 0.717) is 12.0 Å². The van der Waals surface area contributed by atoms with E-state index in [4.69, 9.17) is 12.2 Å². The van der Waals surface area contributed by atoms with Crippen molar-refractivity contribution in [3.8, 4) is 0 Å². The Morgan fingerprint density at radius 3 is 2.35 bits per heavy atom. The fourth-order valence-corrected chi connectivity index (χ4v) is 2.59. The first-order valence-corrected chi connectivity index (χ1v) is 7.14. The number of nitrogens with zero attached hydrogens (tertiary/aromatic N) is 1. The summed E-state index contributed by atoms with van der Waals surface area (Å²) in [6.07, 6.45) is 5.86. The lowest BCUT2D eigenvalue weighted by Crippen LogP contribution is -2.10. The third-order valence-corrected chi connectivity index (χ3v) is 3.59. The summed E-state index contributed by atoms with van der Waals surface area (Å²) < 4.78 is 3.16. The van der Waals surface area contributed by atoms with Crippen LogP contribution in [0.15, 0.2) is 6.20 Å². The van der Waals surface area contributed by atoms with Crippen LogP contribution in [0.25, 0.3) is 0 Å². The Morgan fingerprint density at radius 1 is 1.18 bits per heavy atom. The maximum Gasteiger partial charge on any atom is 0.177 e. The Labute approximate surface area is 110 Å². The molecular formula is C14H26N2S. The summed E-state index contributed by atoms with van der Waals surface area (Å²) in [5, 5.41) is 0. The van der Waals surface area contributed by atoms with Crippen LogP contribution in [-0.2, 0) is 0 Å². The number of hydrogen-bond donors (Lipinski definition) is 1. The van der Waals surface area contributed by atoms with Gasteiger partial charge in [0.15, 0.2) is 4.77 Å². The van der Waals surface area contributed by atoms with Crippen LogP contribution in [-0.4, -0.2) is 9.55 Å². The van der Waals surface area contributed by atoms with E-state index >= 15 is 0 Å². The zero-order valence-electron chi connectivity index (χ0n) is 11.8. The van der Waals surface area contributed by atoms with Gasteiger partial charge in [0.1, 0.15) is 0 Å². The summed E-state index contributed by atoms with van der Waals surface area (Å²) in [6, 6.07) is 0.505. The molecule has 1 heterocycles. The Balaban J connectivity index is 2.71. The molecule has 0 aliphatic rings. The van der Waals surface area contributed by atoms with Crippen LogP contribution in [0.1, 0.15) is 71.5 Å². The van der Waals surface area contributed by atoms with E-state index in [1.807, 2.05) is 0 Å². The molecule has 1 N–H and O–H groups in total. The van der Waals surface area contributed by atoms with E-state index in [0.717, 1.165) is 10.7 Å². The smallest absolute Gasteiger partial charge is 0.177 e. The van der Waals surface area contributed by atoms with Gasteiger partial charge in [0.25, 0.3) is 0 Å². The maximum absolute atomic E-state index is 5.38. The zero-order valence-corrected chi connectivity index (χ0v) is 12.6. The molecule has 0 bridgehead atoms. The van der Waals surface area contributed by atoms with Crippen molar-refractivity contribution in [2.45, 2.75) is 65.8 Å². The molecule has 1 rings (SSSR count). The average Bonchev–Trinajstić information content (AvgIpc) is 2.59. The summed E-state index contributed by atoms with van der Waals surface area (Å²) >= 11 is 5.38. The standard InChI is InChI=1S/C14H26N2S/c1-10(2)7-6-8-12(5)16-13(11(3)4)9-15-14(16)17/h9-12H,6-8H2,1-5H3,(H,15,17). The van der Waals surface area contributed by atoms with Gasteiger partial charge in [-0.1, -0.05) is 40.5 Å². The molecule has 1 aromatic rings. The molecule has 0 amide bonds. The zero-order chi connectivity index (χ0) is 13.0. The van der Waals surface area contributed by atoms with Gasteiger partial charge in [-0.15, -0.1) is 0 Å². The van der Waals surface area contributed by atoms with Gasteiger partial charge in [0.05, 0.1) is 0 Å². The third kappa shape index (κ3) is 3.98. The van der Waals surface area contributed by atoms with Crippen LogP contribution < -0.4 is 0 Å². The summed E-state index contributed by atoms with van der Waals surface area (Å²) in [5.74, 6) is 1.32. The molecule has 0 aliphatic heterocycles. The molecule has 17 heavy (non-hydrogen) atoms. The largest absolute Gasteiger partial charge is 0.337 e. The van der Waals surface area contributed by atoms with Crippen molar-refractivity contribution >= 4 is 12.2 Å². The highest BCUT2D eigenvalue weighted by molar-refractivity contribution is 7.71. The second kappa shape index (κ2) is 6.39. The third-order valence-electron chi connectivity index (χ3n) is 3.28. The highest BCUT2D eigenvalue weighted by atomic mass is 32.1. The van der Waals surface area contributed by atoms with E-state index in [9.17, 15) is 0 Å². The molecular weight excluding hydrogens is 228 g/mol. The lowest BCUT2D eigenvalue weighted by atomic mass is 10.0. The molecule has 1 atom stereocenters. The summed E-state index contributed by atoms with van der Waals surface area (Å²) in [5.41, 5.74) is 1.33. The van der Waals surface area contributed by atoms with E-state index in [1.54, 1.807) is 0 Å². The number of H-pyrrole nitrogens is 1. The molecule has 0 spiro atoms. The highest BCUT2D eigenvalue weighted by Crippen LogP contribution is 2.23. The molecule has 1 unspecified atom stereocenters. The molecule has 0 saturated heterocycles. The Hall–Kier alpha value is -0.570. The van der Waals surface area contributed by atoms with E-state index in [1.165, 1.54) is 25.0 Å². The van der Waals surface area contributed by atoms with E-state index in [2.05, 4.69) is 50.4 Å². The van der Waals surface area contributed by atoms with Crippen molar-refractivity contribution in [2.24, 2.45) is 5.92 Å². The minimum atomic E-state index is 0.505. The Morgan fingerprint density at radius 2 is 1.82 bits per heavy atom. The topological polar surface area (TPSA) is 20.7 Å². The first-order chi connectivity index (χ1) is 7.93. The summed E-state index contributed by atoms with van der Waals surface area (Å²) in [7, 11) is 0. The molecule has 0 saturated carbocycles. The SMILES string of the molecule is CC(C)CCCC(C)n1c(C(C)C)c[nH]c1=S. The molecule has 1 aromatic heterocycles. The quantitative estimate of drug-likeness (QED) is 0.704. The first kappa shape index (κ1) is 14.5. The van der Waals surface area contributed by atoms with Crippen molar-refractivity contribution in [3.63, 3.8) is 0 Å². The molecule has 3 heteroatoms. The molecule has 0 aliphatic carbocycles. The fourth-order valence-electron chi connectivity index (χ4n) is 2.24. The van der Waals surface area contributed by atoms with Crippen LogP contribution in [0.2, 0.25) is 0 Å². The minimum Gasteiger partial charge on any atom is -0.337 e. The number of aromatic amines is 1. The average molecular weight is 254 g/mol. The van der Waals surface area contributed by atoms with Crippen LogP contribution >= 0.6 is 12.2 Å². The van der Waals surface area contributed by atoms with Crippen molar-refractivity contribution in [1.82, 2.24) is 9.55 Å². The highest BCUT2D eigenvalue weighted by Gasteiger charge is 2.13. The Kier molecular flexibility index (Phi) is 5.44. The van der Waals surface area contributed by atoms with Crippen molar-refractivity contribution in [3.05, 3.63) is 16.7 Å². The molecule has 0 fully saturated rings. The molecule has 98 valence electrons. The maximum atomic E-state index is 5.38. The minimum absolute atomic E-state index is 0.505. The number of hydrogen-bond acceptors (Lipinski definition) is 1. The molecule has 2 nitrogen and oxygen atoms in total. The van der Waals surface area contributed by atoms with Crippen LogP contribution in [0.4, 0.5) is 0 Å². The van der Waals surface area contributed by atoms with Crippen molar-refractivity contribution < 1.29 is 0 Å². The van der Waals surface area contributed by atoms with Crippen LogP contribution in [0.3, 0.4) is 0 Å². The van der Waals surface area contributed by atoms with Gasteiger partial charge in [0, 0.05) is 17.9 Å². The van der Waals surface area contributed by atoms with Gasteiger partial charge in [-0.25, -0.2) is 0 Å².